The Morgan fingerprint density at radius 1 is 1.50 bits per heavy atom. The predicted molar refractivity (Wildman–Crippen MR) is 55.9 cm³/mol. The Labute approximate surface area is 86.1 Å². The van der Waals surface area contributed by atoms with Crippen LogP contribution in [0.3, 0.4) is 0 Å². The summed E-state index contributed by atoms with van der Waals surface area (Å²) in [5, 5.41) is 8.71. The van der Waals surface area contributed by atoms with E-state index >= 15 is 0 Å². The van der Waals surface area contributed by atoms with E-state index in [4.69, 9.17) is 5.11 Å². The smallest absolute Gasteiger partial charge is 0.222 e. The molecule has 0 aromatic rings. The molecule has 0 radical (unpaired) electrons. The van der Waals surface area contributed by atoms with Crippen LogP contribution >= 0.6 is 0 Å². The number of amides is 1. The molecule has 1 rings (SSSR count). The number of hydrogen-bond donors (Lipinski definition) is 1. The zero-order valence-electron chi connectivity index (χ0n) is 9.04. The first-order valence-corrected chi connectivity index (χ1v) is 5.66. The van der Waals surface area contributed by atoms with E-state index in [1.165, 1.54) is 6.42 Å². The van der Waals surface area contributed by atoms with Gasteiger partial charge in [-0.2, -0.15) is 0 Å². The number of likely N-dealkylation sites (tertiary alicyclic amines) is 1. The molecule has 0 saturated carbocycles. The number of carbonyl (C=O) groups excluding carboxylic acids is 1. The van der Waals surface area contributed by atoms with Crippen molar-refractivity contribution in [1.82, 2.24) is 4.90 Å². The van der Waals surface area contributed by atoms with Crippen molar-refractivity contribution in [3.63, 3.8) is 0 Å². The van der Waals surface area contributed by atoms with Gasteiger partial charge < -0.3 is 10.0 Å². The molecule has 1 aliphatic rings. The Balaban J connectivity index is 2.39. The first kappa shape index (κ1) is 11.5. The Kier molecular flexibility index (Phi) is 4.94. The number of hydrogen-bond acceptors (Lipinski definition) is 2. The van der Waals surface area contributed by atoms with Crippen LogP contribution in [0.1, 0.15) is 39.0 Å². The van der Waals surface area contributed by atoms with Gasteiger partial charge in [0.25, 0.3) is 0 Å². The van der Waals surface area contributed by atoms with Crippen LogP contribution in [-0.2, 0) is 4.79 Å². The van der Waals surface area contributed by atoms with Gasteiger partial charge in [0.1, 0.15) is 0 Å². The minimum absolute atomic E-state index is 0.182. The van der Waals surface area contributed by atoms with E-state index in [1.54, 1.807) is 0 Å². The van der Waals surface area contributed by atoms with Crippen LogP contribution in [0, 0.1) is 5.92 Å². The molecule has 1 N–H and O–H groups in total. The second-order valence-electron chi connectivity index (χ2n) is 4.06. The van der Waals surface area contributed by atoms with Crippen molar-refractivity contribution < 1.29 is 9.90 Å². The average Bonchev–Trinajstić information content (AvgIpc) is 2.38. The topological polar surface area (TPSA) is 40.5 Å². The van der Waals surface area contributed by atoms with Crippen LogP contribution in [0.15, 0.2) is 0 Å². The molecule has 1 unspecified atom stereocenters. The highest BCUT2D eigenvalue weighted by Crippen LogP contribution is 2.20. The number of rotatable bonds is 4. The van der Waals surface area contributed by atoms with Crippen molar-refractivity contribution in [3.8, 4) is 0 Å². The molecule has 1 heterocycles. The van der Waals surface area contributed by atoms with E-state index in [1.807, 2.05) is 4.90 Å². The Morgan fingerprint density at radius 3 is 2.93 bits per heavy atom. The zero-order chi connectivity index (χ0) is 10.4. The van der Waals surface area contributed by atoms with Crippen molar-refractivity contribution in [2.24, 2.45) is 5.92 Å². The first-order chi connectivity index (χ1) is 6.77. The van der Waals surface area contributed by atoms with E-state index in [0.717, 1.165) is 31.8 Å². The summed E-state index contributed by atoms with van der Waals surface area (Å²) in [4.78, 5) is 13.5. The summed E-state index contributed by atoms with van der Waals surface area (Å²) in [5.74, 6) is 0.993. The maximum absolute atomic E-state index is 11.6. The van der Waals surface area contributed by atoms with E-state index in [-0.39, 0.29) is 12.5 Å². The molecule has 0 bridgehead atoms. The highest BCUT2D eigenvalue weighted by atomic mass is 16.3. The first-order valence-electron chi connectivity index (χ1n) is 5.66. The van der Waals surface area contributed by atoms with Crippen molar-refractivity contribution in [3.05, 3.63) is 0 Å². The summed E-state index contributed by atoms with van der Waals surface area (Å²) >= 11 is 0. The molecule has 1 fully saturated rings. The van der Waals surface area contributed by atoms with Crippen LogP contribution in [0.25, 0.3) is 0 Å². The van der Waals surface area contributed by atoms with Gasteiger partial charge in [-0.1, -0.05) is 13.3 Å². The highest BCUT2D eigenvalue weighted by molar-refractivity contribution is 5.76. The van der Waals surface area contributed by atoms with Gasteiger partial charge >= 0.3 is 0 Å². The van der Waals surface area contributed by atoms with Gasteiger partial charge in [-0.15, -0.1) is 0 Å². The predicted octanol–water partition coefficient (Wildman–Crippen LogP) is 1.41. The molecule has 0 aromatic heterocycles. The quantitative estimate of drug-likeness (QED) is 0.743. The Bertz CT molecular complexity index is 182. The molecule has 0 aliphatic carbocycles. The number of aliphatic hydroxyl groups is 1. The maximum atomic E-state index is 11.6. The SMILES string of the molecule is CCC1CCC(=O)N(CCCO)CC1. The molecular weight excluding hydrogens is 178 g/mol. The monoisotopic (exact) mass is 199 g/mol. The van der Waals surface area contributed by atoms with Gasteiger partial charge in [0.05, 0.1) is 0 Å². The lowest BCUT2D eigenvalue weighted by Gasteiger charge is -2.20. The summed E-state index contributed by atoms with van der Waals surface area (Å²) < 4.78 is 0. The molecular formula is C11H21NO2. The fourth-order valence-electron chi connectivity index (χ4n) is 2.00. The lowest BCUT2D eigenvalue weighted by Crippen LogP contribution is -2.31. The lowest BCUT2D eigenvalue weighted by molar-refractivity contribution is -0.130. The standard InChI is InChI=1S/C11H21NO2/c1-2-10-4-5-11(14)12(8-6-10)7-3-9-13/h10,13H,2-9H2,1H3. The molecule has 1 amide bonds. The summed E-state index contributed by atoms with van der Waals surface area (Å²) in [5.41, 5.74) is 0. The van der Waals surface area contributed by atoms with E-state index in [2.05, 4.69) is 6.92 Å². The second-order valence-corrected chi connectivity index (χ2v) is 4.06. The number of aliphatic hydroxyl groups excluding tert-OH is 1. The number of carbonyl (C=O) groups is 1. The van der Waals surface area contributed by atoms with Gasteiger partial charge in [-0.3, -0.25) is 4.79 Å². The maximum Gasteiger partial charge on any atom is 0.222 e. The molecule has 1 aliphatic heterocycles. The third-order valence-electron chi connectivity index (χ3n) is 3.09. The van der Waals surface area contributed by atoms with Crippen LogP contribution < -0.4 is 0 Å². The van der Waals surface area contributed by atoms with Crippen molar-refractivity contribution >= 4 is 5.91 Å². The second kappa shape index (κ2) is 6.02. The van der Waals surface area contributed by atoms with Crippen molar-refractivity contribution in [2.75, 3.05) is 19.7 Å². The Morgan fingerprint density at radius 2 is 2.29 bits per heavy atom. The summed E-state index contributed by atoms with van der Waals surface area (Å²) in [7, 11) is 0. The molecule has 1 saturated heterocycles. The average molecular weight is 199 g/mol. The lowest BCUT2D eigenvalue weighted by atomic mass is 9.98. The van der Waals surface area contributed by atoms with Gasteiger partial charge in [-0.25, -0.2) is 0 Å². The van der Waals surface area contributed by atoms with Gasteiger partial charge in [0, 0.05) is 26.1 Å². The van der Waals surface area contributed by atoms with E-state index < -0.39 is 0 Å². The van der Waals surface area contributed by atoms with Crippen LogP contribution in [0.2, 0.25) is 0 Å². The molecule has 1 atom stereocenters. The molecule has 0 spiro atoms. The Hall–Kier alpha value is -0.570. The largest absolute Gasteiger partial charge is 0.396 e. The van der Waals surface area contributed by atoms with Gasteiger partial charge in [0.2, 0.25) is 5.91 Å². The molecule has 3 heteroatoms. The molecule has 3 nitrogen and oxygen atoms in total. The van der Waals surface area contributed by atoms with Crippen LogP contribution in [0.5, 0.6) is 0 Å². The van der Waals surface area contributed by atoms with Crippen LogP contribution in [-0.4, -0.2) is 35.6 Å². The third-order valence-corrected chi connectivity index (χ3v) is 3.09. The van der Waals surface area contributed by atoms with Crippen molar-refractivity contribution in [1.29, 1.82) is 0 Å². The van der Waals surface area contributed by atoms with Crippen LogP contribution in [0.4, 0.5) is 0 Å². The molecule has 82 valence electrons. The number of nitrogens with zero attached hydrogens (tertiary/aromatic N) is 1. The normalized spacial score (nSPS) is 23.7. The minimum atomic E-state index is 0.182. The summed E-state index contributed by atoms with van der Waals surface area (Å²) in [6, 6.07) is 0. The third kappa shape index (κ3) is 3.29. The van der Waals surface area contributed by atoms with Gasteiger partial charge in [-0.05, 0) is 25.2 Å². The van der Waals surface area contributed by atoms with Gasteiger partial charge in [0.15, 0.2) is 0 Å². The fraction of sp³-hybridized carbons (Fsp3) is 0.909. The fourth-order valence-corrected chi connectivity index (χ4v) is 2.00. The highest BCUT2D eigenvalue weighted by Gasteiger charge is 2.20. The minimum Gasteiger partial charge on any atom is -0.396 e. The zero-order valence-corrected chi connectivity index (χ0v) is 9.04. The summed E-state index contributed by atoms with van der Waals surface area (Å²) in [6.07, 6.45) is 4.77. The van der Waals surface area contributed by atoms with E-state index in [9.17, 15) is 4.79 Å². The molecule has 0 aromatic carbocycles. The molecule has 14 heavy (non-hydrogen) atoms. The van der Waals surface area contributed by atoms with Crippen molar-refractivity contribution in [2.45, 2.75) is 39.0 Å². The van der Waals surface area contributed by atoms with E-state index in [0.29, 0.717) is 12.8 Å². The summed E-state index contributed by atoms with van der Waals surface area (Å²) in [6.45, 7) is 3.99.